The van der Waals surface area contributed by atoms with E-state index in [-0.39, 0.29) is 11.9 Å². The number of hydrogen-bond donors (Lipinski definition) is 1. The SMILES string of the molecule is C[C@H](NC(=O)c1ccc(COc2ccccc2)cc1)c1cccnc1. The van der Waals surface area contributed by atoms with Gasteiger partial charge >= 0.3 is 0 Å². The van der Waals surface area contributed by atoms with E-state index in [1.54, 1.807) is 12.4 Å². The Bertz CT molecular complexity index is 802. The molecular formula is C21H20N2O2. The standard InChI is InChI=1S/C21H20N2O2/c1-16(19-6-5-13-22-14-19)23-21(24)18-11-9-17(10-12-18)15-25-20-7-3-2-4-8-20/h2-14,16H,15H2,1H3,(H,23,24)/t16-/m0/s1. The molecule has 0 saturated carbocycles. The molecule has 1 atom stereocenters. The largest absolute Gasteiger partial charge is 0.489 e. The van der Waals surface area contributed by atoms with Gasteiger partial charge in [-0.15, -0.1) is 0 Å². The molecule has 0 radical (unpaired) electrons. The number of para-hydroxylation sites is 1. The van der Waals surface area contributed by atoms with E-state index in [0.717, 1.165) is 16.9 Å². The minimum atomic E-state index is -0.105. The molecule has 4 heteroatoms. The van der Waals surface area contributed by atoms with E-state index in [4.69, 9.17) is 4.74 Å². The summed E-state index contributed by atoms with van der Waals surface area (Å²) in [6, 6.07) is 20.8. The summed E-state index contributed by atoms with van der Waals surface area (Å²) in [6.07, 6.45) is 3.48. The summed E-state index contributed by atoms with van der Waals surface area (Å²) in [5.74, 6) is 0.724. The van der Waals surface area contributed by atoms with E-state index >= 15 is 0 Å². The average molecular weight is 332 g/mol. The number of nitrogens with one attached hydrogen (secondary N) is 1. The predicted octanol–water partition coefficient (Wildman–Crippen LogP) is 4.15. The van der Waals surface area contributed by atoms with Crippen LogP contribution in [0.25, 0.3) is 0 Å². The van der Waals surface area contributed by atoms with Gasteiger partial charge in [0, 0.05) is 18.0 Å². The molecule has 2 aromatic carbocycles. The molecule has 0 saturated heterocycles. The molecule has 0 bridgehead atoms. The number of carbonyl (C=O) groups is 1. The fourth-order valence-corrected chi connectivity index (χ4v) is 2.43. The van der Waals surface area contributed by atoms with Gasteiger partial charge in [-0.3, -0.25) is 9.78 Å². The van der Waals surface area contributed by atoms with Gasteiger partial charge in [-0.1, -0.05) is 36.4 Å². The third kappa shape index (κ3) is 4.67. The Balaban J connectivity index is 1.57. The average Bonchev–Trinajstić information content (AvgIpc) is 2.68. The predicted molar refractivity (Wildman–Crippen MR) is 97.3 cm³/mol. The maximum atomic E-state index is 12.4. The summed E-state index contributed by atoms with van der Waals surface area (Å²) >= 11 is 0. The van der Waals surface area contributed by atoms with Crippen molar-refractivity contribution in [1.82, 2.24) is 10.3 Å². The van der Waals surface area contributed by atoms with Crippen molar-refractivity contribution in [2.75, 3.05) is 0 Å². The quantitative estimate of drug-likeness (QED) is 0.738. The van der Waals surface area contributed by atoms with Gasteiger partial charge in [0.15, 0.2) is 0 Å². The van der Waals surface area contributed by atoms with Crippen LogP contribution in [0, 0.1) is 0 Å². The van der Waals surface area contributed by atoms with Crippen molar-refractivity contribution in [3.63, 3.8) is 0 Å². The van der Waals surface area contributed by atoms with Crippen molar-refractivity contribution in [1.29, 1.82) is 0 Å². The number of amides is 1. The lowest BCUT2D eigenvalue weighted by Gasteiger charge is -2.14. The second-order valence-electron chi connectivity index (χ2n) is 5.78. The van der Waals surface area contributed by atoms with Crippen LogP contribution >= 0.6 is 0 Å². The molecular weight excluding hydrogens is 312 g/mol. The number of pyridine rings is 1. The summed E-state index contributed by atoms with van der Waals surface area (Å²) in [4.78, 5) is 16.4. The fourth-order valence-electron chi connectivity index (χ4n) is 2.43. The zero-order valence-electron chi connectivity index (χ0n) is 14.1. The number of nitrogens with zero attached hydrogens (tertiary/aromatic N) is 1. The van der Waals surface area contributed by atoms with Crippen LogP contribution in [-0.4, -0.2) is 10.9 Å². The highest BCUT2D eigenvalue weighted by Crippen LogP contribution is 2.14. The summed E-state index contributed by atoms with van der Waals surface area (Å²) in [5.41, 5.74) is 2.61. The van der Waals surface area contributed by atoms with Crippen LogP contribution in [0.2, 0.25) is 0 Å². The van der Waals surface area contributed by atoms with Crippen molar-refractivity contribution >= 4 is 5.91 Å². The molecule has 1 heterocycles. The zero-order chi connectivity index (χ0) is 17.5. The molecule has 25 heavy (non-hydrogen) atoms. The first-order valence-electron chi connectivity index (χ1n) is 8.20. The molecule has 0 aliphatic carbocycles. The lowest BCUT2D eigenvalue weighted by Crippen LogP contribution is -2.26. The Kier molecular flexibility index (Phi) is 5.42. The third-order valence-corrected chi connectivity index (χ3v) is 3.90. The summed E-state index contributed by atoms with van der Waals surface area (Å²) < 4.78 is 5.71. The minimum Gasteiger partial charge on any atom is -0.489 e. The van der Waals surface area contributed by atoms with Crippen molar-refractivity contribution in [2.45, 2.75) is 19.6 Å². The normalized spacial score (nSPS) is 11.6. The highest BCUT2D eigenvalue weighted by molar-refractivity contribution is 5.94. The Morgan fingerprint density at radius 1 is 1.04 bits per heavy atom. The first-order valence-corrected chi connectivity index (χ1v) is 8.20. The monoisotopic (exact) mass is 332 g/mol. The van der Waals surface area contributed by atoms with Crippen LogP contribution in [0.5, 0.6) is 5.75 Å². The number of hydrogen-bond acceptors (Lipinski definition) is 3. The highest BCUT2D eigenvalue weighted by Gasteiger charge is 2.11. The summed E-state index contributed by atoms with van der Waals surface area (Å²) in [7, 11) is 0. The molecule has 1 amide bonds. The van der Waals surface area contributed by atoms with Crippen molar-refractivity contribution in [2.24, 2.45) is 0 Å². The van der Waals surface area contributed by atoms with Gasteiger partial charge in [-0.25, -0.2) is 0 Å². The van der Waals surface area contributed by atoms with Gasteiger partial charge in [0.2, 0.25) is 0 Å². The lowest BCUT2D eigenvalue weighted by atomic mass is 10.1. The molecule has 1 N–H and O–H groups in total. The number of ether oxygens (including phenoxy) is 1. The third-order valence-electron chi connectivity index (χ3n) is 3.90. The molecule has 0 fully saturated rings. The van der Waals surface area contributed by atoms with Crippen LogP contribution in [-0.2, 0) is 6.61 Å². The van der Waals surface area contributed by atoms with Gasteiger partial charge in [0.25, 0.3) is 5.91 Å². The number of rotatable bonds is 6. The van der Waals surface area contributed by atoms with Gasteiger partial charge in [-0.05, 0) is 48.4 Å². The van der Waals surface area contributed by atoms with Crippen molar-refractivity contribution in [3.05, 3.63) is 95.8 Å². The number of benzene rings is 2. The molecule has 0 spiro atoms. The number of carbonyl (C=O) groups excluding carboxylic acids is 1. The molecule has 0 aliphatic rings. The first-order chi connectivity index (χ1) is 12.2. The van der Waals surface area contributed by atoms with E-state index in [1.807, 2.05) is 73.7 Å². The zero-order valence-corrected chi connectivity index (χ0v) is 14.1. The van der Waals surface area contributed by atoms with Gasteiger partial charge in [0.1, 0.15) is 12.4 Å². The van der Waals surface area contributed by atoms with Gasteiger partial charge in [0.05, 0.1) is 6.04 Å². The summed E-state index contributed by atoms with van der Waals surface area (Å²) in [5, 5.41) is 2.98. The first kappa shape index (κ1) is 16.7. The number of aromatic nitrogens is 1. The fraction of sp³-hybridized carbons (Fsp3) is 0.143. The van der Waals surface area contributed by atoms with E-state index in [2.05, 4.69) is 10.3 Å². The van der Waals surface area contributed by atoms with E-state index in [0.29, 0.717) is 12.2 Å². The van der Waals surface area contributed by atoms with E-state index in [1.165, 1.54) is 0 Å². The molecule has 126 valence electrons. The van der Waals surface area contributed by atoms with Crippen LogP contribution in [0.1, 0.15) is 34.5 Å². The molecule has 1 aromatic heterocycles. The maximum Gasteiger partial charge on any atom is 0.251 e. The topological polar surface area (TPSA) is 51.2 Å². The molecule has 3 aromatic rings. The van der Waals surface area contributed by atoms with Crippen LogP contribution in [0.15, 0.2) is 79.1 Å². The van der Waals surface area contributed by atoms with Crippen LogP contribution in [0.3, 0.4) is 0 Å². The van der Waals surface area contributed by atoms with Gasteiger partial charge in [-0.2, -0.15) is 0 Å². The molecule has 3 rings (SSSR count). The maximum absolute atomic E-state index is 12.4. The van der Waals surface area contributed by atoms with Crippen LogP contribution < -0.4 is 10.1 Å². The molecule has 0 aliphatic heterocycles. The molecule has 4 nitrogen and oxygen atoms in total. The van der Waals surface area contributed by atoms with E-state index < -0.39 is 0 Å². The van der Waals surface area contributed by atoms with Crippen LogP contribution in [0.4, 0.5) is 0 Å². The van der Waals surface area contributed by atoms with Gasteiger partial charge < -0.3 is 10.1 Å². The van der Waals surface area contributed by atoms with Crippen molar-refractivity contribution < 1.29 is 9.53 Å². The Labute approximate surface area is 147 Å². The molecule has 0 unspecified atom stereocenters. The Morgan fingerprint density at radius 2 is 1.80 bits per heavy atom. The highest BCUT2D eigenvalue weighted by atomic mass is 16.5. The van der Waals surface area contributed by atoms with Crippen molar-refractivity contribution in [3.8, 4) is 5.75 Å². The summed E-state index contributed by atoms with van der Waals surface area (Å²) in [6.45, 7) is 2.41. The Morgan fingerprint density at radius 3 is 2.48 bits per heavy atom. The second kappa shape index (κ2) is 8.11. The minimum absolute atomic E-state index is 0.0951. The smallest absolute Gasteiger partial charge is 0.251 e. The Hall–Kier alpha value is -3.14. The second-order valence-corrected chi connectivity index (χ2v) is 5.78. The lowest BCUT2D eigenvalue weighted by molar-refractivity contribution is 0.0940. The van der Waals surface area contributed by atoms with E-state index in [9.17, 15) is 4.79 Å².